The Kier molecular flexibility index (Phi) is 7.53. The van der Waals surface area contributed by atoms with E-state index in [1.165, 1.54) is 35.1 Å². The number of rotatable bonds is 7. The van der Waals surface area contributed by atoms with Crippen molar-refractivity contribution in [3.05, 3.63) is 106 Å². The van der Waals surface area contributed by atoms with Gasteiger partial charge in [-0.3, -0.25) is 14.5 Å². The number of aliphatic hydroxyl groups is 1. The fourth-order valence-electron chi connectivity index (χ4n) is 5.07. The van der Waals surface area contributed by atoms with E-state index in [0.717, 1.165) is 16.9 Å². The predicted octanol–water partition coefficient (Wildman–Crippen LogP) is 5.57. The van der Waals surface area contributed by atoms with Crippen molar-refractivity contribution >= 4 is 51.6 Å². The highest BCUT2D eigenvalue weighted by molar-refractivity contribution is 8.00. The van der Waals surface area contributed by atoms with Gasteiger partial charge in [0.2, 0.25) is 5.13 Å². The minimum atomic E-state index is -1.000. The topological polar surface area (TPSA) is 119 Å². The Morgan fingerprint density at radius 1 is 1.07 bits per heavy atom. The van der Waals surface area contributed by atoms with Gasteiger partial charge in [0.05, 0.1) is 24.3 Å². The van der Waals surface area contributed by atoms with Crippen molar-refractivity contribution in [1.82, 2.24) is 10.2 Å². The van der Waals surface area contributed by atoms with Crippen molar-refractivity contribution in [3.8, 4) is 5.75 Å². The highest BCUT2D eigenvalue weighted by Crippen LogP contribution is 2.44. The van der Waals surface area contributed by atoms with E-state index in [1.807, 2.05) is 37.3 Å². The Morgan fingerprint density at radius 3 is 2.55 bits per heavy atom. The second-order valence-corrected chi connectivity index (χ2v) is 12.0. The molecule has 0 saturated carbocycles. The molecule has 1 N–H and O–H groups in total. The molecule has 0 aliphatic carbocycles. The number of hydrogen-bond donors (Lipinski definition) is 1. The summed E-state index contributed by atoms with van der Waals surface area (Å²) in [5.41, 5.74) is 3.16. The van der Waals surface area contributed by atoms with Crippen LogP contribution in [0.5, 0.6) is 5.75 Å². The minimum Gasteiger partial charge on any atom is -0.507 e. The van der Waals surface area contributed by atoms with Crippen LogP contribution >= 0.6 is 23.1 Å². The van der Waals surface area contributed by atoms with Crippen LogP contribution in [0.3, 0.4) is 0 Å². The molecule has 42 heavy (non-hydrogen) atoms. The lowest BCUT2D eigenvalue weighted by atomic mass is 9.94. The van der Waals surface area contributed by atoms with E-state index in [0.29, 0.717) is 33.2 Å². The molecule has 0 spiro atoms. The molecule has 4 aromatic rings. The summed E-state index contributed by atoms with van der Waals surface area (Å²) in [6.45, 7) is 1.96. The summed E-state index contributed by atoms with van der Waals surface area (Å²) in [4.78, 5) is 40.4. The highest BCUT2D eigenvalue weighted by atomic mass is 32.2. The van der Waals surface area contributed by atoms with Gasteiger partial charge in [0.25, 0.3) is 5.78 Å². The molecule has 3 aromatic carbocycles. The molecule has 6 rings (SSSR count). The van der Waals surface area contributed by atoms with Crippen LogP contribution in [0, 0.1) is 0 Å². The molecule has 0 bridgehead atoms. The number of anilines is 1. The lowest BCUT2D eigenvalue weighted by Crippen LogP contribution is -2.29. The lowest BCUT2D eigenvalue weighted by Gasteiger charge is -2.22. The molecule has 2 aliphatic rings. The number of Topliss-reactive ketones (excluding diaryl/α,β-unsaturated/α-hetero) is 1. The van der Waals surface area contributed by atoms with E-state index in [2.05, 4.69) is 10.2 Å². The summed E-state index contributed by atoms with van der Waals surface area (Å²) >= 11 is 2.66. The predicted molar refractivity (Wildman–Crippen MR) is 159 cm³/mol. The highest BCUT2D eigenvalue weighted by Gasteiger charge is 2.48. The maximum atomic E-state index is 13.6. The third-order valence-corrected chi connectivity index (χ3v) is 9.20. The van der Waals surface area contributed by atoms with E-state index in [-0.39, 0.29) is 22.6 Å². The van der Waals surface area contributed by atoms with Crippen molar-refractivity contribution in [1.29, 1.82) is 0 Å². The van der Waals surface area contributed by atoms with Gasteiger partial charge in [0.1, 0.15) is 17.6 Å². The SMILES string of the molecule is COC(=O)c1ccc(C2/C(=C(\O)c3ccc4c(c3)CC(C)O4)C(=O)C(=O)N2c2nnc(SCc3ccccc3)s2)cc1. The summed E-state index contributed by atoms with van der Waals surface area (Å²) < 4.78 is 11.2. The number of methoxy groups -OCH3 is 1. The maximum Gasteiger partial charge on any atom is 0.337 e. The number of fused-ring (bicyclic) bond motifs is 1. The zero-order chi connectivity index (χ0) is 29.4. The minimum absolute atomic E-state index is 0.00246. The first-order valence-corrected chi connectivity index (χ1v) is 14.9. The maximum absolute atomic E-state index is 13.6. The van der Waals surface area contributed by atoms with E-state index >= 15 is 0 Å². The third-order valence-electron chi connectivity index (χ3n) is 7.07. The first-order chi connectivity index (χ1) is 20.3. The number of esters is 1. The lowest BCUT2D eigenvalue weighted by molar-refractivity contribution is -0.132. The molecule has 212 valence electrons. The van der Waals surface area contributed by atoms with E-state index in [9.17, 15) is 19.5 Å². The second-order valence-electron chi connectivity index (χ2n) is 9.86. The molecule has 11 heteroatoms. The van der Waals surface area contributed by atoms with Gasteiger partial charge in [-0.25, -0.2) is 4.79 Å². The molecule has 1 fully saturated rings. The number of ether oxygens (including phenoxy) is 2. The van der Waals surface area contributed by atoms with Gasteiger partial charge >= 0.3 is 11.9 Å². The molecule has 9 nitrogen and oxygen atoms in total. The average molecular weight is 600 g/mol. The average Bonchev–Trinajstić information content (AvgIpc) is 3.70. The van der Waals surface area contributed by atoms with Crippen LogP contribution in [-0.4, -0.2) is 46.2 Å². The van der Waals surface area contributed by atoms with Gasteiger partial charge in [-0.05, 0) is 53.9 Å². The van der Waals surface area contributed by atoms with Crippen LogP contribution in [0.4, 0.5) is 5.13 Å². The number of aliphatic hydroxyl groups excluding tert-OH is 1. The third kappa shape index (κ3) is 5.17. The first-order valence-electron chi connectivity index (χ1n) is 13.1. The number of amides is 1. The zero-order valence-corrected chi connectivity index (χ0v) is 24.3. The van der Waals surface area contributed by atoms with Crippen molar-refractivity contribution < 1.29 is 29.0 Å². The number of nitrogens with zero attached hydrogens (tertiary/aromatic N) is 3. The Hall–Kier alpha value is -4.48. The van der Waals surface area contributed by atoms with Gasteiger partial charge in [-0.1, -0.05) is 65.6 Å². The molecule has 0 radical (unpaired) electrons. The summed E-state index contributed by atoms with van der Waals surface area (Å²) in [5.74, 6) is -1.10. The van der Waals surface area contributed by atoms with Gasteiger partial charge in [-0.15, -0.1) is 10.2 Å². The number of aromatic nitrogens is 2. The van der Waals surface area contributed by atoms with Gasteiger partial charge in [0.15, 0.2) is 4.34 Å². The number of thioether (sulfide) groups is 1. The van der Waals surface area contributed by atoms with Gasteiger partial charge in [-0.2, -0.15) is 0 Å². The number of ketones is 1. The summed E-state index contributed by atoms with van der Waals surface area (Å²) in [6, 6.07) is 20.5. The van der Waals surface area contributed by atoms with Gasteiger partial charge < -0.3 is 14.6 Å². The molecule has 1 aromatic heterocycles. The molecule has 3 heterocycles. The normalized spacial score (nSPS) is 19.0. The van der Waals surface area contributed by atoms with Crippen molar-refractivity contribution in [2.24, 2.45) is 0 Å². The van der Waals surface area contributed by atoms with Crippen LogP contribution in [0.1, 0.15) is 45.6 Å². The van der Waals surface area contributed by atoms with Crippen molar-refractivity contribution in [2.45, 2.75) is 35.6 Å². The molecule has 1 amide bonds. The fraction of sp³-hybridized carbons (Fsp3) is 0.194. The van der Waals surface area contributed by atoms with Crippen LogP contribution in [0.2, 0.25) is 0 Å². The largest absolute Gasteiger partial charge is 0.507 e. The smallest absolute Gasteiger partial charge is 0.337 e. The Labute approximate surface area is 249 Å². The number of carbonyl (C=O) groups is 3. The molecule has 2 atom stereocenters. The van der Waals surface area contributed by atoms with Crippen LogP contribution in [-0.2, 0) is 26.5 Å². The summed E-state index contributed by atoms with van der Waals surface area (Å²) in [7, 11) is 1.29. The molecule has 2 unspecified atom stereocenters. The van der Waals surface area contributed by atoms with E-state index < -0.39 is 23.7 Å². The van der Waals surface area contributed by atoms with Crippen LogP contribution < -0.4 is 9.64 Å². The quantitative estimate of drug-likeness (QED) is 0.0727. The number of hydrogen-bond acceptors (Lipinski definition) is 10. The second kappa shape index (κ2) is 11.4. The van der Waals surface area contributed by atoms with E-state index in [1.54, 1.807) is 42.5 Å². The standard InChI is InChI=1S/C31H25N3O6S2/c1-17-14-22-15-21(12-13-23(22)40-17)26(35)24-25(19-8-10-20(11-9-19)29(38)39-2)34(28(37)27(24)36)30-32-33-31(42-30)41-16-18-6-4-3-5-7-18/h3-13,15,17,25,35H,14,16H2,1-2H3/b26-24+. The zero-order valence-electron chi connectivity index (χ0n) is 22.6. The van der Waals surface area contributed by atoms with Crippen LogP contribution in [0.15, 0.2) is 82.7 Å². The van der Waals surface area contributed by atoms with Gasteiger partial charge in [0, 0.05) is 17.7 Å². The fourth-order valence-corrected chi connectivity index (χ4v) is 6.89. The number of carbonyl (C=O) groups excluding carboxylic acids is 3. The Balaban J connectivity index is 1.40. The van der Waals surface area contributed by atoms with Crippen molar-refractivity contribution in [2.75, 3.05) is 12.0 Å². The molecule has 2 aliphatic heterocycles. The van der Waals surface area contributed by atoms with E-state index in [4.69, 9.17) is 9.47 Å². The van der Waals surface area contributed by atoms with Crippen molar-refractivity contribution in [3.63, 3.8) is 0 Å². The van der Waals surface area contributed by atoms with Crippen LogP contribution in [0.25, 0.3) is 5.76 Å². The summed E-state index contributed by atoms with van der Waals surface area (Å²) in [5, 5.41) is 20.3. The Morgan fingerprint density at radius 2 is 1.81 bits per heavy atom. The molecule has 1 saturated heterocycles. The summed E-state index contributed by atoms with van der Waals surface area (Å²) in [6.07, 6.45) is 0.667. The monoisotopic (exact) mass is 599 g/mol. The Bertz CT molecular complexity index is 1720. The molecular weight excluding hydrogens is 574 g/mol. The first kappa shape index (κ1) is 27.7. The number of benzene rings is 3. The molecular formula is C31H25N3O6S2.